The zero-order valence-corrected chi connectivity index (χ0v) is 12.0. The first kappa shape index (κ1) is 16.4. The van der Waals surface area contributed by atoms with Crippen molar-refractivity contribution in [2.24, 2.45) is 11.1 Å². The molecule has 0 aromatic rings. The molecule has 0 radical (unpaired) electrons. The van der Waals surface area contributed by atoms with Crippen molar-refractivity contribution in [3.63, 3.8) is 0 Å². The molecule has 0 bridgehead atoms. The summed E-state index contributed by atoms with van der Waals surface area (Å²) in [6.45, 7) is 13.3. The van der Waals surface area contributed by atoms with E-state index in [9.17, 15) is 4.79 Å². The van der Waals surface area contributed by atoms with Crippen molar-refractivity contribution in [2.45, 2.75) is 47.1 Å². The van der Waals surface area contributed by atoms with Crippen LogP contribution in [0.2, 0.25) is 0 Å². The largest absolute Gasteiger partial charge is 0.353 e. The Bertz CT molecular complexity index is 227. The Kier molecular flexibility index (Phi) is 7.39. The molecule has 0 spiro atoms. The summed E-state index contributed by atoms with van der Waals surface area (Å²) in [5, 5.41) is 2.92. The molecule has 4 heteroatoms. The van der Waals surface area contributed by atoms with Crippen LogP contribution in [-0.4, -0.2) is 43.0 Å². The van der Waals surface area contributed by atoms with Gasteiger partial charge in [0.25, 0.3) is 0 Å². The van der Waals surface area contributed by atoms with E-state index in [-0.39, 0.29) is 17.4 Å². The maximum atomic E-state index is 11.7. The molecule has 0 saturated carbocycles. The minimum absolute atomic E-state index is 0.0628. The van der Waals surface area contributed by atoms with E-state index in [0.717, 1.165) is 19.5 Å². The molecule has 0 saturated heterocycles. The van der Waals surface area contributed by atoms with E-state index in [4.69, 9.17) is 5.73 Å². The van der Waals surface area contributed by atoms with Crippen LogP contribution in [0, 0.1) is 5.41 Å². The lowest BCUT2D eigenvalue weighted by Gasteiger charge is -2.31. The Labute approximate surface area is 106 Å². The van der Waals surface area contributed by atoms with E-state index >= 15 is 0 Å². The summed E-state index contributed by atoms with van der Waals surface area (Å²) in [6.07, 6.45) is 1.05. The maximum absolute atomic E-state index is 11.7. The Balaban J connectivity index is 4.28. The van der Waals surface area contributed by atoms with Gasteiger partial charge in [0.2, 0.25) is 5.91 Å². The zero-order chi connectivity index (χ0) is 13.5. The summed E-state index contributed by atoms with van der Waals surface area (Å²) in [5.41, 5.74) is 5.80. The van der Waals surface area contributed by atoms with Crippen LogP contribution in [0.1, 0.15) is 41.0 Å². The summed E-state index contributed by atoms with van der Waals surface area (Å²) < 4.78 is 0. The second kappa shape index (κ2) is 7.67. The molecule has 0 unspecified atom stereocenters. The highest BCUT2D eigenvalue weighted by atomic mass is 16.2. The molecular formula is C13H29N3O. The summed E-state index contributed by atoms with van der Waals surface area (Å²) >= 11 is 0. The number of hydrogen-bond acceptors (Lipinski definition) is 3. The quantitative estimate of drug-likeness (QED) is 0.673. The molecule has 0 aliphatic carbocycles. The Morgan fingerprint density at radius 3 is 2.41 bits per heavy atom. The third kappa shape index (κ3) is 8.16. The number of nitrogens with two attached hydrogens (primary N) is 1. The number of amides is 1. The van der Waals surface area contributed by atoms with Crippen molar-refractivity contribution in [1.29, 1.82) is 0 Å². The first-order chi connectivity index (χ1) is 7.80. The number of rotatable bonds is 8. The highest BCUT2D eigenvalue weighted by Gasteiger charge is 2.21. The smallest absolute Gasteiger partial charge is 0.234 e. The third-order valence-electron chi connectivity index (χ3n) is 2.56. The van der Waals surface area contributed by atoms with Crippen molar-refractivity contribution >= 4 is 5.91 Å². The molecule has 0 aliphatic heterocycles. The fourth-order valence-corrected chi connectivity index (χ4v) is 1.77. The van der Waals surface area contributed by atoms with Crippen LogP contribution in [0.15, 0.2) is 0 Å². The molecule has 0 aliphatic rings. The topological polar surface area (TPSA) is 58.4 Å². The first-order valence-electron chi connectivity index (χ1n) is 6.52. The number of carbonyl (C=O) groups excluding carboxylic acids is 1. The molecule has 4 nitrogen and oxygen atoms in total. The van der Waals surface area contributed by atoms with Gasteiger partial charge < -0.3 is 11.1 Å². The van der Waals surface area contributed by atoms with Gasteiger partial charge in [0, 0.05) is 12.6 Å². The van der Waals surface area contributed by atoms with Gasteiger partial charge in [0.15, 0.2) is 0 Å². The molecule has 0 aromatic carbocycles. The predicted octanol–water partition coefficient (Wildman–Crippen LogP) is 1.21. The summed E-state index contributed by atoms with van der Waals surface area (Å²) in [4.78, 5) is 13.9. The number of nitrogens with zero attached hydrogens (tertiary/aromatic N) is 1. The van der Waals surface area contributed by atoms with Crippen molar-refractivity contribution in [3.8, 4) is 0 Å². The zero-order valence-electron chi connectivity index (χ0n) is 12.0. The van der Waals surface area contributed by atoms with Crippen molar-refractivity contribution in [1.82, 2.24) is 10.2 Å². The summed E-state index contributed by atoms with van der Waals surface area (Å²) in [7, 11) is 0. The number of hydrogen-bond donors (Lipinski definition) is 2. The molecule has 0 heterocycles. The standard InChI is InChI=1S/C13H29N3O/c1-6-7-16(10-13(4,5)9-14)8-12(17)15-11(2)3/h11H,6-10,14H2,1-5H3,(H,15,17). The monoisotopic (exact) mass is 243 g/mol. The average molecular weight is 243 g/mol. The lowest BCUT2D eigenvalue weighted by molar-refractivity contribution is -0.123. The lowest BCUT2D eigenvalue weighted by Crippen LogP contribution is -2.45. The van der Waals surface area contributed by atoms with Gasteiger partial charge >= 0.3 is 0 Å². The SMILES string of the molecule is CCCN(CC(=O)NC(C)C)CC(C)(C)CN. The molecule has 0 aromatic heterocycles. The molecule has 17 heavy (non-hydrogen) atoms. The summed E-state index contributed by atoms with van der Waals surface area (Å²) in [6, 6.07) is 0.202. The van der Waals surface area contributed by atoms with Gasteiger partial charge in [0.05, 0.1) is 6.54 Å². The molecular weight excluding hydrogens is 214 g/mol. The van der Waals surface area contributed by atoms with E-state index in [1.807, 2.05) is 13.8 Å². The van der Waals surface area contributed by atoms with Crippen molar-refractivity contribution < 1.29 is 4.79 Å². The van der Waals surface area contributed by atoms with Crippen LogP contribution in [0.3, 0.4) is 0 Å². The van der Waals surface area contributed by atoms with Gasteiger partial charge in [0.1, 0.15) is 0 Å². The van der Waals surface area contributed by atoms with E-state index in [1.54, 1.807) is 0 Å². The van der Waals surface area contributed by atoms with Crippen LogP contribution in [0.4, 0.5) is 0 Å². The Morgan fingerprint density at radius 2 is 2.00 bits per heavy atom. The van der Waals surface area contributed by atoms with Gasteiger partial charge in [-0.2, -0.15) is 0 Å². The molecule has 0 atom stereocenters. The van der Waals surface area contributed by atoms with Crippen LogP contribution >= 0.6 is 0 Å². The first-order valence-corrected chi connectivity index (χ1v) is 6.52. The van der Waals surface area contributed by atoms with Crippen molar-refractivity contribution in [3.05, 3.63) is 0 Å². The highest BCUT2D eigenvalue weighted by Crippen LogP contribution is 2.14. The van der Waals surface area contributed by atoms with E-state index in [2.05, 4.69) is 31.0 Å². The summed E-state index contributed by atoms with van der Waals surface area (Å²) in [5.74, 6) is 0.0984. The predicted molar refractivity (Wildman–Crippen MR) is 72.8 cm³/mol. The molecule has 0 fully saturated rings. The van der Waals surface area contributed by atoms with Gasteiger partial charge in [-0.15, -0.1) is 0 Å². The third-order valence-corrected chi connectivity index (χ3v) is 2.56. The minimum Gasteiger partial charge on any atom is -0.353 e. The molecule has 1 amide bonds. The molecule has 3 N–H and O–H groups in total. The van der Waals surface area contributed by atoms with Crippen LogP contribution < -0.4 is 11.1 Å². The maximum Gasteiger partial charge on any atom is 0.234 e. The fraction of sp³-hybridized carbons (Fsp3) is 0.923. The average Bonchev–Trinajstić information content (AvgIpc) is 2.15. The number of nitrogens with one attached hydrogen (secondary N) is 1. The molecule has 102 valence electrons. The van der Waals surface area contributed by atoms with Crippen LogP contribution in [-0.2, 0) is 4.79 Å². The lowest BCUT2D eigenvalue weighted by atomic mass is 9.93. The molecule has 0 rings (SSSR count). The fourth-order valence-electron chi connectivity index (χ4n) is 1.77. The highest BCUT2D eigenvalue weighted by molar-refractivity contribution is 5.78. The normalized spacial score (nSPS) is 12.2. The van der Waals surface area contributed by atoms with Gasteiger partial charge in [-0.25, -0.2) is 0 Å². The van der Waals surface area contributed by atoms with E-state index < -0.39 is 0 Å². The second-order valence-corrected chi connectivity index (χ2v) is 5.80. The van der Waals surface area contributed by atoms with Gasteiger partial charge in [-0.1, -0.05) is 20.8 Å². The number of carbonyl (C=O) groups is 1. The second-order valence-electron chi connectivity index (χ2n) is 5.80. The minimum atomic E-state index is 0.0628. The van der Waals surface area contributed by atoms with Crippen LogP contribution in [0.5, 0.6) is 0 Å². The Hall–Kier alpha value is -0.610. The van der Waals surface area contributed by atoms with E-state index in [0.29, 0.717) is 13.1 Å². The van der Waals surface area contributed by atoms with Gasteiger partial charge in [-0.3, -0.25) is 9.69 Å². The van der Waals surface area contributed by atoms with E-state index in [1.165, 1.54) is 0 Å². The van der Waals surface area contributed by atoms with Crippen LogP contribution in [0.25, 0.3) is 0 Å². The van der Waals surface area contributed by atoms with Gasteiger partial charge in [-0.05, 0) is 38.8 Å². The Morgan fingerprint density at radius 1 is 1.41 bits per heavy atom. The van der Waals surface area contributed by atoms with Crippen molar-refractivity contribution in [2.75, 3.05) is 26.2 Å².